The van der Waals surface area contributed by atoms with Gasteiger partial charge in [-0.2, -0.15) is 0 Å². The lowest BCUT2D eigenvalue weighted by Gasteiger charge is -2.40. The molecule has 2 aromatic carbocycles. The summed E-state index contributed by atoms with van der Waals surface area (Å²) in [4.78, 5) is 43.2. The monoisotopic (exact) mass is 581 g/mol. The van der Waals surface area contributed by atoms with Crippen LogP contribution in [-0.2, 0) is 20.9 Å². The fourth-order valence-electron chi connectivity index (χ4n) is 4.79. The predicted molar refractivity (Wildman–Crippen MR) is 167 cm³/mol. The summed E-state index contributed by atoms with van der Waals surface area (Å²) in [6, 6.07) is 12.3. The Morgan fingerprint density at radius 1 is 0.952 bits per heavy atom. The van der Waals surface area contributed by atoms with E-state index in [4.69, 9.17) is 4.74 Å². The number of aromatic hydroxyl groups is 1. The molecule has 0 aromatic heterocycles. The fraction of sp³-hybridized carbons (Fsp3) is 0.559. The Hall–Kier alpha value is -3.55. The predicted octanol–water partition coefficient (Wildman–Crippen LogP) is 6.65. The van der Waals surface area contributed by atoms with Gasteiger partial charge in [-0.05, 0) is 70.4 Å². The normalized spacial score (nSPS) is 14.4. The van der Waals surface area contributed by atoms with E-state index in [1.165, 1.54) is 0 Å². The van der Waals surface area contributed by atoms with Crippen molar-refractivity contribution in [2.75, 3.05) is 0 Å². The molecule has 0 fully saturated rings. The van der Waals surface area contributed by atoms with Crippen LogP contribution in [0.2, 0.25) is 0 Å². The maximum Gasteiger partial charge on any atom is 0.408 e. The van der Waals surface area contributed by atoms with Crippen molar-refractivity contribution < 1.29 is 24.2 Å². The van der Waals surface area contributed by atoms with Crippen LogP contribution in [-0.4, -0.2) is 45.6 Å². The first-order valence-corrected chi connectivity index (χ1v) is 15.1. The standard InChI is InChI=1S/C34H51N3O5/c1-10-23(4)28(36-33(41)42-34(7,8)9)32(40)37(25(6)20-19-22(2)3)29(27-18-14-15-24(5)30(27)38)31(39)35-21-26-16-12-11-13-17-26/h11-18,22-23,25,28-29,38H,10,19-21H2,1-9H3,(H,35,39)(H,36,41). The molecule has 8 heteroatoms. The third-order valence-electron chi connectivity index (χ3n) is 7.44. The van der Waals surface area contributed by atoms with Crippen molar-refractivity contribution >= 4 is 17.9 Å². The number of carbonyl (C=O) groups is 3. The third kappa shape index (κ3) is 10.1. The highest BCUT2D eigenvalue weighted by Crippen LogP contribution is 2.35. The van der Waals surface area contributed by atoms with Crippen molar-refractivity contribution in [2.24, 2.45) is 11.8 Å². The van der Waals surface area contributed by atoms with Crippen LogP contribution in [0.3, 0.4) is 0 Å². The molecule has 0 saturated heterocycles. The molecule has 0 saturated carbocycles. The van der Waals surface area contributed by atoms with Crippen LogP contribution in [0.5, 0.6) is 5.75 Å². The first-order valence-electron chi connectivity index (χ1n) is 15.1. The number of nitrogens with zero attached hydrogens (tertiary/aromatic N) is 1. The van der Waals surface area contributed by atoms with Crippen molar-refractivity contribution in [3.8, 4) is 5.75 Å². The SMILES string of the molecule is CCC(C)C(NC(=O)OC(C)(C)C)C(=O)N(C(C)CCC(C)C)C(C(=O)NCc1ccccc1)c1cccc(C)c1O. The summed E-state index contributed by atoms with van der Waals surface area (Å²) < 4.78 is 5.51. The Morgan fingerprint density at radius 3 is 2.17 bits per heavy atom. The van der Waals surface area contributed by atoms with Crippen LogP contribution in [0.4, 0.5) is 4.79 Å². The van der Waals surface area contributed by atoms with Gasteiger partial charge in [-0.15, -0.1) is 0 Å². The lowest BCUT2D eigenvalue weighted by atomic mass is 9.92. The molecule has 0 bridgehead atoms. The van der Waals surface area contributed by atoms with E-state index in [1.807, 2.05) is 51.1 Å². The highest BCUT2D eigenvalue weighted by molar-refractivity contribution is 5.93. The molecular weight excluding hydrogens is 530 g/mol. The zero-order valence-corrected chi connectivity index (χ0v) is 26.9. The minimum Gasteiger partial charge on any atom is -0.507 e. The van der Waals surface area contributed by atoms with Crippen molar-refractivity contribution in [2.45, 2.75) is 112 Å². The molecule has 232 valence electrons. The molecule has 0 aliphatic heterocycles. The average molecular weight is 582 g/mol. The Labute approximate surface area is 252 Å². The second-order valence-electron chi connectivity index (χ2n) is 12.7. The van der Waals surface area contributed by atoms with E-state index in [0.717, 1.165) is 12.0 Å². The number of hydrogen-bond acceptors (Lipinski definition) is 5. The van der Waals surface area contributed by atoms with Crippen molar-refractivity contribution in [3.05, 3.63) is 65.2 Å². The molecule has 3 N–H and O–H groups in total. The number of rotatable bonds is 13. The minimum absolute atomic E-state index is 0.0357. The number of amides is 3. The lowest BCUT2D eigenvalue weighted by Crippen LogP contribution is -2.57. The maximum absolute atomic E-state index is 14.6. The van der Waals surface area contributed by atoms with E-state index in [1.54, 1.807) is 50.8 Å². The van der Waals surface area contributed by atoms with Crippen LogP contribution < -0.4 is 10.6 Å². The van der Waals surface area contributed by atoms with Crippen molar-refractivity contribution in [1.82, 2.24) is 15.5 Å². The summed E-state index contributed by atoms with van der Waals surface area (Å²) in [7, 11) is 0. The van der Waals surface area contributed by atoms with Gasteiger partial charge in [0.1, 0.15) is 23.4 Å². The third-order valence-corrected chi connectivity index (χ3v) is 7.44. The second-order valence-corrected chi connectivity index (χ2v) is 12.7. The fourth-order valence-corrected chi connectivity index (χ4v) is 4.79. The minimum atomic E-state index is -1.13. The number of carbonyl (C=O) groups excluding carboxylic acids is 3. The molecule has 2 aromatic rings. The molecule has 0 aliphatic carbocycles. The molecule has 42 heavy (non-hydrogen) atoms. The number of hydrogen-bond donors (Lipinski definition) is 3. The molecular formula is C34H51N3O5. The van der Waals surface area contributed by atoms with Crippen LogP contribution in [0.15, 0.2) is 48.5 Å². The molecule has 2 rings (SSSR count). The van der Waals surface area contributed by atoms with Crippen LogP contribution in [0.25, 0.3) is 0 Å². The van der Waals surface area contributed by atoms with E-state index in [-0.39, 0.29) is 24.3 Å². The van der Waals surface area contributed by atoms with Gasteiger partial charge in [-0.25, -0.2) is 4.79 Å². The number of ether oxygens (including phenoxy) is 1. The van der Waals surface area contributed by atoms with E-state index in [9.17, 15) is 19.5 Å². The Bertz CT molecular complexity index is 1180. The van der Waals surface area contributed by atoms with Crippen LogP contribution >= 0.6 is 0 Å². The van der Waals surface area contributed by atoms with E-state index in [0.29, 0.717) is 29.9 Å². The highest BCUT2D eigenvalue weighted by Gasteiger charge is 2.41. The Morgan fingerprint density at radius 2 is 1.60 bits per heavy atom. The summed E-state index contributed by atoms with van der Waals surface area (Å²) >= 11 is 0. The molecule has 0 radical (unpaired) electrons. The van der Waals surface area contributed by atoms with Crippen molar-refractivity contribution in [3.63, 3.8) is 0 Å². The summed E-state index contributed by atoms with van der Waals surface area (Å²) in [5.74, 6) is -0.709. The summed E-state index contributed by atoms with van der Waals surface area (Å²) in [6.07, 6.45) is 1.38. The number of phenolic OH excluding ortho intramolecular Hbond substituents is 1. The summed E-state index contributed by atoms with van der Waals surface area (Å²) in [6.45, 7) is 17.3. The maximum atomic E-state index is 14.6. The highest BCUT2D eigenvalue weighted by atomic mass is 16.6. The first kappa shape index (κ1) is 34.7. The average Bonchev–Trinajstić information content (AvgIpc) is 2.92. The topological polar surface area (TPSA) is 108 Å². The molecule has 3 amide bonds. The van der Waals surface area contributed by atoms with E-state index >= 15 is 0 Å². The molecule has 8 nitrogen and oxygen atoms in total. The van der Waals surface area contributed by atoms with Gasteiger partial charge in [0.05, 0.1) is 0 Å². The number of aryl methyl sites for hydroxylation is 1. The summed E-state index contributed by atoms with van der Waals surface area (Å²) in [5, 5.41) is 17.0. The van der Waals surface area contributed by atoms with Crippen LogP contribution in [0.1, 0.15) is 97.4 Å². The second kappa shape index (κ2) is 15.6. The van der Waals surface area contributed by atoms with Gasteiger partial charge in [0, 0.05) is 18.2 Å². The van der Waals surface area contributed by atoms with Gasteiger partial charge in [-0.1, -0.05) is 82.6 Å². The van der Waals surface area contributed by atoms with Gasteiger partial charge in [0.15, 0.2) is 0 Å². The van der Waals surface area contributed by atoms with Gasteiger partial charge in [0.25, 0.3) is 0 Å². The number of benzene rings is 2. The summed E-state index contributed by atoms with van der Waals surface area (Å²) in [5.41, 5.74) is 1.10. The first-order chi connectivity index (χ1) is 19.7. The molecule has 4 unspecified atom stereocenters. The van der Waals surface area contributed by atoms with E-state index < -0.39 is 35.6 Å². The zero-order chi connectivity index (χ0) is 31.6. The lowest BCUT2D eigenvalue weighted by molar-refractivity contribution is -0.146. The quantitative estimate of drug-likeness (QED) is 0.245. The Kier molecular flexibility index (Phi) is 12.9. The largest absolute Gasteiger partial charge is 0.507 e. The smallest absolute Gasteiger partial charge is 0.408 e. The van der Waals surface area contributed by atoms with Crippen LogP contribution in [0, 0.1) is 18.8 Å². The molecule has 0 spiro atoms. The van der Waals surface area contributed by atoms with Gasteiger partial charge in [0.2, 0.25) is 11.8 Å². The molecule has 4 atom stereocenters. The number of alkyl carbamates (subject to hydrolysis) is 1. The number of nitrogens with one attached hydrogen (secondary N) is 2. The molecule has 0 aliphatic rings. The number of phenols is 1. The van der Waals surface area contributed by atoms with Crippen molar-refractivity contribution in [1.29, 1.82) is 0 Å². The van der Waals surface area contributed by atoms with Gasteiger partial charge >= 0.3 is 6.09 Å². The van der Waals surface area contributed by atoms with E-state index in [2.05, 4.69) is 24.5 Å². The van der Waals surface area contributed by atoms with Gasteiger partial charge < -0.3 is 25.4 Å². The Balaban J connectivity index is 2.64. The zero-order valence-electron chi connectivity index (χ0n) is 26.9. The number of para-hydroxylation sites is 1. The molecule has 0 heterocycles. The van der Waals surface area contributed by atoms with Gasteiger partial charge in [-0.3, -0.25) is 9.59 Å².